The minimum absolute atomic E-state index is 0.0859. The van der Waals surface area contributed by atoms with Crippen LogP contribution in [-0.2, 0) is 16.0 Å². The molecule has 0 spiro atoms. The maximum atomic E-state index is 12.4. The van der Waals surface area contributed by atoms with Gasteiger partial charge in [0, 0.05) is 23.3 Å². The summed E-state index contributed by atoms with van der Waals surface area (Å²) >= 11 is 5.67. The highest BCUT2D eigenvalue weighted by molar-refractivity contribution is 7.80. The van der Waals surface area contributed by atoms with E-state index >= 15 is 0 Å². The molecule has 3 heterocycles. The normalized spacial score (nSPS) is 17.8. The van der Waals surface area contributed by atoms with Crippen LogP contribution in [-0.4, -0.2) is 38.7 Å². The van der Waals surface area contributed by atoms with Crippen LogP contribution < -0.4 is 5.32 Å². The fraction of sp³-hybridized carbons (Fsp3) is 0.346. The summed E-state index contributed by atoms with van der Waals surface area (Å²) in [5.41, 5.74) is 6.66. The van der Waals surface area contributed by atoms with Gasteiger partial charge in [-0.2, -0.15) is 0 Å². The van der Waals surface area contributed by atoms with E-state index in [1.165, 1.54) is 5.56 Å². The van der Waals surface area contributed by atoms with Gasteiger partial charge in [0.25, 0.3) is 0 Å². The number of nitrogens with one attached hydrogen (secondary N) is 1. The monoisotopic (exact) mass is 462 g/mol. The van der Waals surface area contributed by atoms with Crippen molar-refractivity contribution in [2.75, 3.05) is 13.2 Å². The number of pyridine rings is 1. The number of benzene rings is 1. The van der Waals surface area contributed by atoms with E-state index in [1.807, 2.05) is 30.0 Å². The molecule has 1 aliphatic rings. The zero-order chi connectivity index (χ0) is 23.5. The first kappa shape index (κ1) is 23.0. The molecule has 0 unspecified atom stereocenters. The van der Waals surface area contributed by atoms with Gasteiger partial charge in [-0.3, -0.25) is 9.78 Å². The molecule has 6 nitrogen and oxygen atoms in total. The van der Waals surface area contributed by atoms with Crippen LogP contribution in [0.25, 0.3) is 5.69 Å². The first-order chi connectivity index (χ1) is 15.9. The van der Waals surface area contributed by atoms with Crippen LogP contribution in [0.1, 0.15) is 54.1 Å². The van der Waals surface area contributed by atoms with Crippen molar-refractivity contribution >= 4 is 23.3 Å². The summed E-state index contributed by atoms with van der Waals surface area (Å²) in [6.07, 6.45) is 2.79. The molecule has 0 radical (unpaired) electrons. The highest BCUT2D eigenvalue weighted by Gasteiger charge is 2.42. The largest absolute Gasteiger partial charge is 0.465 e. The molecule has 1 N–H and O–H groups in total. The Bertz CT molecular complexity index is 1140. The van der Waals surface area contributed by atoms with Gasteiger partial charge in [-0.25, -0.2) is 0 Å². The van der Waals surface area contributed by atoms with Crippen LogP contribution in [0, 0.1) is 13.8 Å². The number of rotatable bonds is 7. The number of ether oxygens (including phenoxy) is 1. The summed E-state index contributed by atoms with van der Waals surface area (Å²) in [4.78, 5) is 18.9. The van der Waals surface area contributed by atoms with Crippen LogP contribution >= 0.6 is 12.2 Å². The van der Waals surface area contributed by atoms with Gasteiger partial charge in [0.05, 0.1) is 24.4 Å². The Balaban J connectivity index is 1.79. The Labute approximate surface area is 200 Å². The van der Waals surface area contributed by atoms with Gasteiger partial charge < -0.3 is 19.5 Å². The van der Waals surface area contributed by atoms with Crippen LogP contribution in [0.5, 0.6) is 0 Å². The van der Waals surface area contributed by atoms with E-state index in [-0.39, 0.29) is 24.6 Å². The Morgan fingerprint density at radius 2 is 1.91 bits per heavy atom. The van der Waals surface area contributed by atoms with Gasteiger partial charge in [0.1, 0.15) is 6.54 Å². The summed E-state index contributed by atoms with van der Waals surface area (Å²) in [5.74, 6) is -0.294. The minimum Gasteiger partial charge on any atom is -0.465 e. The van der Waals surface area contributed by atoms with E-state index in [0.717, 1.165) is 34.8 Å². The second-order valence-corrected chi connectivity index (χ2v) is 8.63. The molecule has 2 atom stereocenters. The van der Waals surface area contributed by atoms with Crippen molar-refractivity contribution in [3.63, 3.8) is 0 Å². The summed E-state index contributed by atoms with van der Waals surface area (Å²) in [6.45, 7) is 8.62. The first-order valence-electron chi connectivity index (χ1n) is 11.4. The molecule has 1 fully saturated rings. The van der Waals surface area contributed by atoms with E-state index in [9.17, 15) is 4.79 Å². The van der Waals surface area contributed by atoms with E-state index in [4.69, 9.17) is 17.0 Å². The van der Waals surface area contributed by atoms with E-state index in [1.54, 1.807) is 6.20 Å². The molecule has 33 heavy (non-hydrogen) atoms. The van der Waals surface area contributed by atoms with Gasteiger partial charge in [-0.15, -0.1) is 0 Å². The summed E-state index contributed by atoms with van der Waals surface area (Å²) in [7, 11) is 0. The van der Waals surface area contributed by atoms with Crippen molar-refractivity contribution in [1.29, 1.82) is 0 Å². The lowest BCUT2D eigenvalue weighted by Gasteiger charge is -2.27. The van der Waals surface area contributed by atoms with Crippen molar-refractivity contribution < 1.29 is 9.53 Å². The van der Waals surface area contributed by atoms with Crippen molar-refractivity contribution in [3.8, 4) is 5.69 Å². The summed E-state index contributed by atoms with van der Waals surface area (Å²) in [5, 5.41) is 3.93. The maximum Gasteiger partial charge on any atom is 0.325 e. The fourth-order valence-electron chi connectivity index (χ4n) is 4.63. The van der Waals surface area contributed by atoms with Gasteiger partial charge in [0.2, 0.25) is 0 Å². The maximum absolute atomic E-state index is 12.4. The number of esters is 1. The number of thiocarbonyl (C=S) groups is 1. The number of nitrogens with zero attached hydrogens (tertiary/aromatic N) is 3. The summed E-state index contributed by atoms with van der Waals surface area (Å²) < 4.78 is 7.50. The number of carbonyl (C=O) groups excluding carboxylic acids is 1. The van der Waals surface area contributed by atoms with Gasteiger partial charge in [-0.1, -0.05) is 25.1 Å². The van der Waals surface area contributed by atoms with E-state index in [0.29, 0.717) is 11.7 Å². The summed E-state index contributed by atoms with van der Waals surface area (Å²) in [6, 6.07) is 16.3. The molecule has 0 aliphatic carbocycles. The quantitative estimate of drug-likeness (QED) is 0.410. The molecule has 7 heteroatoms. The molecule has 0 bridgehead atoms. The molecule has 0 saturated carbocycles. The Morgan fingerprint density at radius 3 is 2.55 bits per heavy atom. The van der Waals surface area contributed by atoms with E-state index in [2.05, 4.69) is 66.0 Å². The lowest BCUT2D eigenvalue weighted by Crippen LogP contribution is -2.35. The third kappa shape index (κ3) is 4.50. The average Bonchev–Trinajstić information content (AvgIpc) is 3.29. The average molecular weight is 463 g/mol. The Morgan fingerprint density at radius 1 is 1.15 bits per heavy atom. The minimum atomic E-state index is -0.294. The molecular formula is C26H30N4O2S. The second-order valence-electron chi connectivity index (χ2n) is 8.24. The first-order valence-corrected chi connectivity index (χ1v) is 11.8. The molecule has 2 aromatic heterocycles. The predicted molar refractivity (Wildman–Crippen MR) is 133 cm³/mol. The SMILES string of the molecule is CCOC(=O)CN1C(=S)N[C@H](c2ccccn2)[C@@H]1c1cc(C)n(-c2ccc(CC)cc2)c1C. The van der Waals surface area contributed by atoms with Crippen molar-refractivity contribution in [2.45, 2.75) is 46.2 Å². The molecule has 1 aliphatic heterocycles. The highest BCUT2D eigenvalue weighted by Crippen LogP contribution is 2.41. The van der Waals surface area contributed by atoms with Crippen LogP contribution in [0.15, 0.2) is 54.7 Å². The Kier molecular flexibility index (Phi) is 6.79. The Hall–Kier alpha value is -3.19. The van der Waals surface area contributed by atoms with Gasteiger partial charge >= 0.3 is 5.97 Å². The molecular weight excluding hydrogens is 432 g/mol. The fourth-order valence-corrected chi connectivity index (χ4v) is 4.93. The van der Waals surface area contributed by atoms with Gasteiger partial charge in [0.15, 0.2) is 5.11 Å². The third-order valence-corrected chi connectivity index (χ3v) is 6.55. The number of aromatic nitrogens is 2. The topological polar surface area (TPSA) is 59.4 Å². The smallest absolute Gasteiger partial charge is 0.325 e. The predicted octanol–water partition coefficient (Wildman–Crippen LogP) is 4.59. The molecule has 0 amide bonds. The number of hydrogen-bond donors (Lipinski definition) is 1. The van der Waals surface area contributed by atoms with Crippen molar-refractivity contribution in [3.05, 3.63) is 82.9 Å². The van der Waals surface area contributed by atoms with Crippen molar-refractivity contribution in [2.24, 2.45) is 0 Å². The molecule has 3 aromatic rings. The lowest BCUT2D eigenvalue weighted by molar-refractivity contribution is -0.143. The molecule has 1 aromatic carbocycles. The van der Waals surface area contributed by atoms with Crippen LogP contribution in [0.3, 0.4) is 0 Å². The lowest BCUT2D eigenvalue weighted by atomic mass is 9.97. The number of aryl methyl sites for hydroxylation is 2. The molecule has 172 valence electrons. The highest BCUT2D eigenvalue weighted by atomic mass is 32.1. The second kappa shape index (κ2) is 9.75. The zero-order valence-corrected chi connectivity index (χ0v) is 20.4. The third-order valence-electron chi connectivity index (χ3n) is 6.19. The van der Waals surface area contributed by atoms with E-state index < -0.39 is 0 Å². The molecule has 1 saturated heterocycles. The number of hydrogen-bond acceptors (Lipinski definition) is 4. The van der Waals surface area contributed by atoms with Crippen LogP contribution in [0.4, 0.5) is 0 Å². The standard InChI is InChI=1S/C26H30N4O2S/c1-5-19-10-12-20(13-11-19)30-17(3)15-21(18(30)4)25-24(22-9-7-8-14-27-22)28-26(33)29(25)16-23(31)32-6-2/h7-15,24-25H,5-6,16H2,1-4H3,(H,28,33)/t24-,25+/m1/s1. The van der Waals surface area contributed by atoms with Gasteiger partial charge in [-0.05, 0) is 80.9 Å². The molecule has 4 rings (SSSR count). The number of carbonyl (C=O) groups is 1. The van der Waals surface area contributed by atoms with Crippen molar-refractivity contribution in [1.82, 2.24) is 19.8 Å². The van der Waals surface area contributed by atoms with Crippen LogP contribution in [0.2, 0.25) is 0 Å². The zero-order valence-electron chi connectivity index (χ0n) is 19.5.